The highest BCUT2D eigenvalue weighted by molar-refractivity contribution is 5.10. The lowest BCUT2D eigenvalue weighted by atomic mass is 9.82. The Kier molecular flexibility index (Phi) is 3.10. The number of aromatic nitrogens is 2. The SMILES string of the molecule is CCNC(c1ccncn1)C1CC2CCC1C2. The van der Waals surface area contributed by atoms with Crippen LogP contribution in [0.25, 0.3) is 0 Å². The second kappa shape index (κ2) is 4.73. The monoisotopic (exact) mass is 231 g/mol. The van der Waals surface area contributed by atoms with Crippen molar-refractivity contribution in [2.75, 3.05) is 6.54 Å². The summed E-state index contributed by atoms with van der Waals surface area (Å²) in [5.41, 5.74) is 1.18. The highest BCUT2D eigenvalue weighted by Crippen LogP contribution is 2.52. The third kappa shape index (κ3) is 2.08. The first-order valence-electron chi connectivity index (χ1n) is 6.87. The molecule has 3 rings (SSSR count). The zero-order valence-corrected chi connectivity index (χ0v) is 10.5. The van der Waals surface area contributed by atoms with Crippen molar-refractivity contribution in [1.82, 2.24) is 15.3 Å². The molecule has 1 N–H and O–H groups in total. The number of hydrogen-bond acceptors (Lipinski definition) is 3. The van der Waals surface area contributed by atoms with Crippen LogP contribution in [0.15, 0.2) is 18.6 Å². The van der Waals surface area contributed by atoms with Gasteiger partial charge in [-0.25, -0.2) is 9.97 Å². The summed E-state index contributed by atoms with van der Waals surface area (Å²) < 4.78 is 0. The molecule has 2 aliphatic carbocycles. The molecular weight excluding hydrogens is 210 g/mol. The van der Waals surface area contributed by atoms with Gasteiger partial charge >= 0.3 is 0 Å². The smallest absolute Gasteiger partial charge is 0.115 e. The molecule has 0 radical (unpaired) electrons. The van der Waals surface area contributed by atoms with E-state index >= 15 is 0 Å². The maximum atomic E-state index is 4.45. The van der Waals surface area contributed by atoms with E-state index < -0.39 is 0 Å². The molecule has 1 aromatic rings. The summed E-state index contributed by atoms with van der Waals surface area (Å²) >= 11 is 0. The van der Waals surface area contributed by atoms with Gasteiger partial charge in [0.15, 0.2) is 0 Å². The second-order valence-electron chi connectivity index (χ2n) is 5.51. The van der Waals surface area contributed by atoms with Gasteiger partial charge in [-0.05, 0) is 49.6 Å². The Bertz CT molecular complexity index is 365. The lowest BCUT2D eigenvalue weighted by molar-refractivity contribution is 0.249. The van der Waals surface area contributed by atoms with Crippen LogP contribution in [0.5, 0.6) is 0 Å². The normalized spacial score (nSPS) is 32.9. The van der Waals surface area contributed by atoms with E-state index in [0.717, 1.165) is 24.3 Å². The van der Waals surface area contributed by atoms with Crippen LogP contribution in [0.4, 0.5) is 0 Å². The van der Waals surface area contributed by atoms with Crippen LogP contribution in [-0.2, 0) is 0 Å². The second-order valence-corrected chi connectivity index (χ2v) is 5.51. The van der Waals surface area contributed by atoms with Gasteiger partial charge in [0.2, 0.25) is 0 Å². The van der Waals surface area contributed by atoms with Crippen molar-refractivity contribution in [2.45, 2.75) is 38.6 Å². The van der Waals surface area contributed by atoms with E-state index in [1.165, 1.54) is 31.4 Å². The zero-order chi connectivity index (χ0) is 11.7. The lowest BCUT2D eigenvalue weighted by Crippen LogP contribution is -2.32. The van der Waals surface area contributed by atoms with Crippen LogP contribution in [0.2, 0.25) is 0 Å². The van der Waals surface area contributed by atoms with E-state index in [1.54, 1.807) is 6.33 Å². The maximum absolute atomic E-state index is 4.45. The summed E-state index contributed by atoms with van der Waals surface area (Å²) in [6.07, 6.45) is 9.28. The molecule has 1 aromatic heterocycles. The summed E-state index contributed by atoms with van der Waals surface area (Å²) in [4.78, 5) is 8.48. The van der Waals surface area contributed by atoms with Gasteiger partial charge in [-0.2, -0.15) is 0 Å². The van der Waals surface area contributed by atoms with Gasteiger partial charge in [0.05, 0.1) is 11.7 Å². The van der Waals surface area contributed by atoms with E-state index in [4.69, 9.17) is 0 Å². The summed E-state index contributed by atoms with van der Waals surface area (Å²) in [7, 11) is 0. The number of nitrogens with zero attached hydrogens (tertiary/aromatic N) is 2. The van der Waals surface area contributed by atoms with Gasteiger partial charge in [0.25, 0.3) is 0 Å². The Morgan fingerprint density at radius 3 is 2.94 bits per heavy atom. The molecule has 0 aromatic carbocycles. The Morgan fingerprint density at radius 2 is 2.35 bits per heavy atom. The van der Waals surface area contributed by atoms with Crippen LogP contribution in [0.3, 0.4) is 0 Å². The molecule has 2 aliphatic rings. The van der Waals surface area contributed by atoms with Crippen LogP contribution in [-0.4, -0.2) is 16.5 Å². The van der Waals surface area contributed by atoms with E-state index in [0.29, 0.717) is 6.04 Å². The molecule has 92 valence electrons. The molecule has 0 spiro atoms. The molecule has 0 aliphatic heterocycles. The van der Waals surface area contributed by atoms with Crippen molar-refractivity contribution in [2.24, 2.45) is 17.8 Å². The quantitative estimate of drug-likeness (QED) is 0.865. The Morgan fingerprint density at radius 1 is 1.41 bits per heavy atom. The van der Waals surface area contributed by atoms with Gasteiger partial charge in [-0.1, -0.05) is 13.3 Å². The molecular formula is C14H21N3. The topological polar surface area (TPSA) is 37.8 Å². The van der Waals surface area contributed by atoms with E-state index in [1.807, 2.05) is 6.20 Å². The van der Waals surface area contributed by atoms with Crippen molar-refractivity contribution in [3.63, 3.8) is 0 Å². The van der Waals surface area contributed by atoms with Crippen LogP contribution in [0, 0.1) is 17.8 Å². The molecule has 3 heteroatoms. The number of rotatable bonds is 4. The van der Waals surface area contributed by atoms with Crippen molar-refractivity contribution in [3.05, 3.63) is 24.3 Å². The van der Waals surface area contributed by atoms with Gasteiger partial charge in [-0.15, -0.1) is 0 Å². The first-order valence-corrected chi connectivity index (χ1v) is 6.87. The number of hydrogen-bond donors (Lipinski definition) is 1. The molecule has 4 unspecified atom stereocenters. The number of fused-ring (bicyclic) bond motifs is 2. The molecule has 2 bridgehead atoms. The minimum absolute atomic E-state index is 0.443. The molecule has 0 saturated heterocycles. The lowest BCUT2D eigenvalue weighted by Gasteiger charge is -2.30. The minimum Gasteiger partial charge on any atom is -0.309 e. The first-order chi connectivity index (χ1) is 8.38. The fourth-order valence-electron chi connectivity index (χ4n) is 3.88. The van der Waals surface area contributed by atoms with E-state index in [9.17, 15) is 0 Å². The third-order valence-electron chi connectivity index (χ3n) is 4.57. The summed E-state index contributed by atoms with van der Waals surface area (Å²) in [6, 6.07) is 2.51. The average molecular weight is 231 g/mol. The summed E-state index contributed by atoms with van der Waals surface area (Å²) in [5, 5.41) is 3.64. The van der Waals surface area contributed by atoms with Crippen molar-refractivity contribution >= 4 is 0 Å². The van der Waals surface area contributed by atoms with Gasteiger partial charge < -0.3 is 5.32 Å². The van der Waals surface area contributed by atoms with Gasteiger partial charge in [0, 0.05) is 6.20 Å². The van der Waals surface area contributed by atoms with Crippen LogP contribution < -0.4 is 5.32 Å². The van der Waals surface area contributed by atoms with Gasteiger partial charge in [-0.3, -0.25) is 0 Å². The predicted molar refractivity (Wildman–Crippen MR) is 67.4 cm³/mol. The molecule has 4 atom stereocenters. The molecule has 1 heterocycles. The third-order valence-corrected chi connectivity index (χ3v) is 4.57. The van der Waals surface area contributed by atoms with Crippen molar-refractivity contribution in [3.8, 4) is 0 Å². The standard InChI is InChI=1S/C14H21N3/c1-2-16-14(13-5-6-15-9-17-13)12-8-10-3-4-11(12)7-10/h5-6,9-12,14,16H,2-4,7-8H2,1H3. The number of nitrogens with one attached hydrogen (secondary N) is 1. The fraction of sp³-hybridized carbons (Fsp3) is 0.714. The molecule has 2 fully saturated rings. The molecule has 2 saturated carbocycles. The molecule has 0 amide bonds. The highest BCUT2D eigenvalue weighted by atomic mass is 15.0. The average Bonchev–Trinajstić information content (AvgIpc) is 2.99. The zero-order valence-electron chi connectivity index (χ0n) is 10.5. The highest BCUT2D eigenvalue weighted by Gasteiger charge is 2.43. The first kappa shape index (κ1) is 11.1. The summed E-state index contributed by atoms with van der Waals surface area (Å²) in [5.74, 6) is 2.72. The van der Waals surface area contributed by atoms with Crippen LogP contribution in [0.1, 0.15) is 44.3 Å². The Hall–Kier alpha value is -0.960. The molecule has 3 nitrogen and oxygen atoms in total. The molecule has 17 heavy (non-hydrogen) atoms. The van der Waals surface area contributed by atoms with E-state index in [-0.39, 0.29) is 0 Å². The Balaban J connectivity index is 1.81. The largest absolute Gasteiger partial charge is 0.309 e. The Labute approximate surface area is 103 Å². The minimum atomic E-state index is 0.443. The van der Waals surface area contributed by atoms with Crippen LogP contribution >= 0.6 is 0 Å². The fourth-order valence-corrected chi connectivity index (χ4v) is 3.88. The van der Waals surface area contributed by atoms with Crippen molar-refractivity contribution in [1.29, 1.82) is 0 Å². The maximum Gasteiger partial charge on any atom is 0.115 e. The van der Waals surface area contributed by atoms with Crippen molar-refractivity contribution < 1.29 is 0 Å². The van der Waals surface area contributed by atoms with Gasteiger partial charge in [0.1, 0.15) is 6.33 Å². The summed E-state index contributed by atoms with van der Waals surface area (Å²) in [6.45, 7) is 3.20. The van der Waals surface area contributed by atoms with E-state index in [2.05, 4.69) is 28.3 Å². The predicted octanol–water partition coefficient (Wildman–Crippen LogP) is 2.56.